The molecule has 0 spiro atoms. The SMILES string of the molecule is COc1ccc(C(C)NC(=O)c2ccccc2S(=O)(=O)C(C)C)c(OC)c1. The zero-order valence-electron chi connectivity index (χ0n) is 16.1. The van der Waals surface area contributed by atoms with E-state index in [2.05, 4.69) is 5.32 Å². The lowest BCUT2D eigenvalue weighted by Gasteiger charge is -2.19. The number of methoxy groups -OCH3 is 2. The van der Waals surface area contributed by atoms with Gasteiger partial charge in [-0.1, -0.05) is 12.1 Å². The second-order valence-electron chi connectivity index (χ2n) is 6.39. The molecule has 0 aliphatic rings. The summed E-state index contributed by atoms with van der Waals surface area (Å²) in [6.45, 7) is 4.99. The number of hydrogen-bond donors (Lipinski definition) is 1. The molecule has 0 bridgehead atoms. The fourth-order valence-corrected chi connectivity index (χ4v) is 3.93. The molecule has 2 aromatic rings. The van der Waals surface area contributed by atoms with Gasteiger partial charge >= 0.3 is 0 Å². The zero-order chi connectivity index (χ0) is 20.2. The fourth-order valence-electron chi connectivity index (χ4n) is 2.68. The van der Waals surface area contributed by atoms with E-state index in [1.165, 1.54) is 19.2 Å². The number of carbonyl (C=O) groups excluding carboxylic acids is 1. The second kappa shape index (κ2) is 8.43. The zero-order valence-corrected chi connectivity index (χ0v) is 17.0. The minimum absolute atomic E-state index is 0.0337. The highest BCUT2D eigenvalue weighted by atomic mass is 32.2. The number of benzene rings is 2. The Morgan fingerprint density at radius 3 is 2.26 bits per heavy atom. The van der Waals surface area contributed by atoms with Crippen molar-refractivity contribution >= 4 is 15.7 Å². The van der Waals surface area contributed by atoms with Gasteiger partial charge in [0, 0.05) is 11.6 Å². The van der Waals surface area contributed by atoms with Crippen molar-refractivity contribution in [1.29, 1.82) is 0 Å². The molecule has 1 unspecified atom stereocenters. The summed E-state index contributed by atoms with van der Waals surface area (Å²) in [5.74, 6) is 0.757. The minimum Gasteiger partial charge on any atom is -0.497 e. The molecule has 0 aromatic heterocycles. The van der Waals surface area contributed by atoms with Crippen LogP contribution in [-0.4, -0.2) is 33.8 Å². The Bertz CT molecular complexity index is 922. The topological polar surface area (TPSA) is 81.7 Å². The Labute approximate surface area is 160 Å². The van der Waals surface area contributed by atoms with E-state index in [0.717, 1.165) is 5.56 Å². The Morgan fingerprint density at radius 1 is 1.00 bits per heavy atom. The van der Waals surface area contributed by atoms with E-state index in [1.54, 1.807) is 51.3 Å². The van der Waals surface area contributed by atoms with Crippen molar-refractivity contribution in [2.75, 3.05) is 14.2 Å². The smallest absolute Gasteiger partial charge is 0.253 e. The standard InChI is InChI=1S/C20H25NO5S/c1-13(2)27(23,24)19-9-7-6-8-17(19)20(22)21-14(3)16-11-10-15(25-4)12-18(16)26-5/h6-14H,1-5H3,(H,21,22). The first-order chi connectivity index (χ1) is 12.7. The third-order valence-electron chi connectivity index (χ3n) is 4.31. The normalized spacial score (nSPS) is 12.5. The van der Waals surface area contributed by atoms with Crippen LogP contribution < -0.4 is 14.8 Å². The molecule has 1 N–H and O–H groups in total. The van der Waals surface area contributed by atoms with E-state index < -0.39 is 27.0 Å². The molecular formula is C20H25NO5S. The highest BCUT2D eigenvalue weighted by molar-refractivity contribution is 7.92. The summed E-state index contributed by atoms with van der Waals surface area (Å²) in [6, 6.07) is 11.2. The molecule has 0 saturated heterocycles. The summed E-state index contributed by atoms with van der Waals surface area (Å²) in [4.78, 5) is 12.8. The molecule has 0 heterocycles. The summed E-state index contributed by atoms with van der Waals surface area (Å²) in [5, 5.41) is 2.23. The van der Waals surface area contributed by atoms with Crippen molar-refractivity contribution in [3.63, 3.8) is 0 Å². The van der Waals surface area contributed by atoms with Gasteiger partial charge in [0.05, 0.1) is 36.0 Å². The van der Waals surface area contributed by atoms with Crippen LogP contribution in [0.3, 0.4) is 0 Å². The Balaban J connectivity index is 2.34. The van der Waals surface area contributed by atoms with Gasteiger partial charge in [0.15, 0.2) is 9.84 Å². The van der Waals surface area contributed by atoms with E-state index in [1.807, 2.05) is 6.92 Å². The lowest BCUT2D eigenvalue weighted by molar-refractivity contribution is 0.0936. The largest absolute Gasteiger partial charge is 0.497 e. The van der Waals surface area contributed by atoms with Crippen LogP contribution in [0.2, 0.25) is 0 Å². The number of sulfone groups is 1. The van der Waals surface area contributed by atoms with Gasteiger partial charge in [0.2, 0.25) is 0 Å². The highest BCUT2D eigenvalue weighted by Gasteiger charge is 2.26. The molecule has 1 amide bonds. The molecule has 146 valence electrons. The molecule has 0 saturated carbocycles. The predicted molar refractivity (Wildman–Crippen MR) is 104 cm³/mol. The summed E-state index contributed by atoms with van der Waals surface area (Å²) in [7, 11) is -0.477. The number of hydrogen-bond acceptors (Lipinski definition) is 5. The van der Waals surface area contributed by atoms with Gasteiger partial charge in [-0.05, 0) is 45.0 Å². The van der Waals surface area contributed by atoms with Crippen molar-refractivity contribution in [2.45, 2.75) is 37.0 Å². The highest BCUT2D eigenvalue weighted by Crippen LogP contribution is 2.30. The van der Waals surface area contributed by atoms with Gasteiger partial charge in [-0.15, -0.1) is 0 Å². The van der Waals surface area contributed by atoms with Crippen LogP contribution in [-0.2, 0) is 9.84 Å². The van der Waals surface area contributed by atoms with Crippen LogP contribution in [0.5, 0.6) is 11.5 Å². The number of ether oxygens (including phenoxy) is 2. The quantitative estimate of drug-likeness (QED) is 0.782. The van der Waals surface area contributed by atoms with Crippen LogP contribution in [0.1, 0.15) is 42.7 Å². The lowest BCUT2D eigenvalue weighted by Crippen LogP contribution is -2.29. The lowest BCUT2D eigenvalue weighted by atomic mass is 10.1. The third kappa shape index (κ3) is 4.42. The summed E-state index contributed by atoms with van der Waals surface area (Å²) >= 11 is 0. The molecule has 2 rings (SSSR count). The van der Waals surface area contributed by atoms with E-state index in [9.17, 15) is 13.2 Å². The molecule has 0 fully saturated rings. The number of nitrogens with one attached hydrogen (secondary N) is 1. The average molecular weight is 391 g/mol. The number of carbonyl (C=O) groups is 1. The average Bonchev–Trinajstić information content (AvgIpc) is 2.67. The summed E-state index contributed by atoms with van der Waals surface area (Å²) in [5.41, 5.74) is 0.890. The first kappa shape index (κ1) is 20.8. The summed E-state index contributed by atoms with van der Waals surface area (Å²) in [6.07, 6.45) is 0. The predicted octanol–water partition coefficient (Wildman–Crippen LogP) is 3.38. The van der Waals surface area contributed by atoms with Crippen LogP contribution in [0.4, 0.5) is 0 Å². The van der Waals surface area contributed by atoms with Crippen molar-refractivity contribution in [1.82, 2.24) is 5.32 Å². The van der Waals surface area contributed by atoms with Crippen molar-refractivity contribution in [2.24, 2.45) is 0 Å². The molecule has 0 aliphatic heterocycles. The molecule has 7 heteroatoms. The van der Waals surface area contributed by atoms with Gasteiger partial charge in [-0.2, -0.15) is 0 Å². The van der Waals surface area contributed by atoms with Gasteiger partial charge in [0.1, 0.15) is 11.5 Å². The maximum Gasteiger partial charge on any atom is 0.253 e. The van der Waals surface area contributed by atoms with Gasteiger partial charge in [-0.25, -0.2) is 8.42 Å². The molecule has 2 aromatic carbocycles. The van der Waals surface area contributed by atoms with Gasteiger partial charge in [0.25, 0.3) is 5.91 Å². The molecule has 6 nitrogen and oxygen atoms in total. The Kier molecular flexibility index (Phi) is 6.49. The Hall–Kier alpha value is -2.54. The first-order valence-electron chi connectivity index (χ1n) is 8.58. The van der Waals surface area contributed by atoms with E-state index >= 15 is 0 Å². The molecule has 0 radical (unpaired) electrons. The van der Waals surface area contributed by atoms with Crippen LogP contribution in [0.15, 0.2) is 47.4 Å². The van der Waals surface area contributed by atoms with Gasteiger partial charge in [-0.3, -0.25) is 4.79 Å². The molecule has 27 heavy (non-hydrogen) atoms. The number of amides is 1. The van der Waals surface area contributed by atoms with E-state index in [4.69, 9.17) is 9.47 Å². The fraction of sp³-hybridized carbons (Fsp3) is 0.350. The third-order valence-corrected chi connectivity index (χ3v) is 6.52. The number of rotatable bonds is 7. The maximum absolute atomic E-state index is 12.8. The van der Waals surface area contributed by atoms with Crippen molar-refractivity contribution in [3.8, 4) is 11.5 Å². The minimum atomic E-state index is -3.58. The van der Waals surface area contributed by atoms with Crippen LogP contribution >= 0.6 is 0 Å². The van der Waals surface area contributed by atoms with Crippen molar-refractivity contribution in [3.05, 3.63) is 53.6 Å². The van der Waals surface area contributed by atoms with Crippen molar-refractivity contribution < 1.29 is 22.7 Å². The monoisotopic (exact) mass is 391 g/mol. The van der Waals surface area contributed by atoms with Crippen LogP contribution in [0, 0.1) is 0 Å². The van der Waals surface area contributed by atoms with E-state index in [-0.39, 0.29) is 10.5 Å². The Morgan fingerprint density at radius 2 is 1.67 bits per heavy atom. The van der Waals surface area contributed by atoms with E-state index in [0.29, 0.717) is 11.5 Å². The molecule has 0 aliphatic carbocycles. The van der Waals surface area contributed by atoms with Gasteiger partial charge < -0.3 is 14.8 Å². The maximum atomic E-state index is 12.8. The first-order valence-corrected chi connectivity index (χ1v) is 10.1. The molecule has 1 atom stereocenters. The summed E-state index contributed by atoms with van der Waals surface area (Å²) < 4.78 is 35.7. The second-order valence-corrected chi connectivity index (χ2v) is 8.87. The molecular weight excluding hydrogens is 366 g/mol. The van der Waals surface area contributed by atoms with Crippen LogP contribution in [0.25, 0.3) is 0 Å².